The van der Waals surface area contributed by atoms with Gasteiger partial charge in [0.1, 0.15) is 0 Å². The van der Waals surface area contributed by atoms with Gasteiger partial charge in [-0.1, -0.05) is 13.8 Å². The number of aryl methyl sites for hydroxylation is 1. The molecule has 2 N–H and O–H groups in total. The summed E-state index contributed by atoms with van der Waals surface area (Å²) in [6.07, 6.45) is 5.60. The van der Waals surface area contributed by atoms with E-state index in [9.17, 15) is 0 Å². The number of anilines is 2. The second-order valence-electron chi connectivity index (χ2n) is 5.24. The summed E-state index contributed by atoms with van der Waals surface area (Å²) in [6.45, 7) is 8.81. The molecule has 1 aromatic rings. The third-order valence-corrected chi connectivity index (χ3v) is 4.42. The summed E-state index contributed by atoms with van der Waals surface area (Å²) in [4.78, 5) is 6.81. The molecule has 0 aromatic carbocycles. The molecular weight excluding hydrogens is 210 g/mol. The Labute approximate surface area is 104 Å². The first kappa shape index (κ1) is 12.2. The molecule has 0 spiro atoms. The lowest BCUT2D eigenvalue weighted by atomic mass is 9.82. The van der Waals surface area contributed by atoms with E-state index in [4.69, 9.17) is 5.73 Å². The molecule has 0 aliphatic carbocycles. The van der Waals surface area contributed by atoms with Gasteiger partial charge in [0, 0.05) is 19.3 Å². The molecule has 1 aliphatic heterocycles. The van der Waals surface area contributed by atoms with Gasteiger partial charge in [0.05, 0.1) is 5.69 Å². The second-order valence-corrected chi connectivity index (χ2v) is 5.24. The Balaban J connectivity index is 2.23. The lowest BCUT2D eigenvalue weighted by Crippen LogP contribution is -2.27. The van der Waals surface area contributed by atoms with Gasteiger partial charge in [-0.2, -0.15) is 0 Å². The second kappa shape index (κ2) is 4.55. The fourth-order valence-electron chi connectivity index (χ4n) is 2.75. The fourth-order valence-corrected chi connectivity index (χ4v) is 2.75. The Bertz CT molecular complexity index is 396. The van der Waals surface area contributed by atoms with E-state index in [2.05, 4.69) is 23.7 Å². The molecule has 0 bridgehead atoms. The summed E-state index contributed by atoms with van der Waals surface area (Å²) in [7, 11) is 0. The number of aromatic nitrogens is 1. The fraction of sp³-hybridized carbons (Fsp3) is 0.643. The van der Waals surface area contributed by atoms with Crippen LogP contribution < -0.4 is 10.6 Å². The smallest absolute Gasteiger partial charge is 0.152 e. The monoisotopic (exact) mass is 233 g/mol. The minimum absolute atomic E-state index is 0.470. The summed E-state index contributed by atoms with van der Waals surface area (Å²) in [6, 6.07) is 1.97. The van der Waals surface area contributed by atoms with Crippen LogP contribution in [-0.2, 0) is 0 Å². The molecule has 0 atom stereocenters. The van der Waals surface area contributed by atoms with Crippen LogP contribution in [0.15, 0.2) is 12.3 Å². The predicted molar refractivity (Wildman–Crippen MR) is 73.2 cm³/mol. The van der Waals surface area contributed by atoms with Crippen LogP contribution in [0, 0.1) is 12.3 Å². The standard InChI is InChI=1S/C14H23N3/c1-4-14(5-2)7-9-17(10-14)13-12(15)11(3)6-8-16-13/h6,8H,4-5,7,9-10,15H2,1-3H3. The van der Waals surface area contributed by atoms with Gasteiger partial charge in [-0.05, 0) is 43.2 Å². The third kappa shape index (κ3) is 2.11. The summed E-state index contributed by atoms with van der Waals surface area (Å²) < 4.78 is 0. The highest BCUT2D eigenvalue weighted by Gasteiger charge is 2.36. The molecule has 1 aliphatic rings. The lowest BCUT2D eigenvalue weighted by Gasteiger charge is -2.27. The van der Waals surface area contributed by atoms with E-state index >= 15 is 0 Å². The SMILES string of the molecule is CCC1(CC)CCN(c2nccc(C)c2N)C1. The largest absolute Gasteiger partial charge is 0.396 e. The molecule has 0 radical (unpaired) electrons. The average Bonchev–Trinajstić information content (AvgIpc) is 2.78. The first-order valence-electron chi connectivity index (χ1n) is 6.58. The van der Waals surface area contributed by atoms with Gasteiger partial charge < -0.3 is 10.6 Å². The first-order chi connectivity index (χ1) is 8.12. The molecule has 1 aromatic heterocycles. The van der Waals surface area contributed by atoms with Crippen molar-refractivity contribution in [1.29, 1.82) is 0 Å². The number of nitrogen functional groups attached to an aromatic ring is 1. The van der Waals surface area contributed by atoms with Crippen molar-refractivity contribution < 1.29 is 0 Å². The number of rotatable bonds is 3. The van der Waals surface area contributed by atoms with Gasteiger partial charge in [0.2, 0.25) is 0 Å². The Morgan fingerprint density at radius 1 is 1.41 bits per heavy atom. The van der Waals surface area contributed by atoms with E-state index in [0.717, 1.165) is 30.2 Å². The summed E-state index contributed by atoms with van der Waals surface area (Å²) >= 11 is 0. The normalized spacial score (nSPS) is 18.6. The average molecular weight is 233 g/mol. The molecule has 1 fully saturated rings. The van der Waals surface area contributed by atoms with E-state index in [0.29, 0.717) is 5.41 Å². The van der Waals surface area contributed by atoms with E-state index < -0.39 is 0 Å². The van der Waals surface area contributed by atoms with Crippen LogP contribution in [-0.4, -0.2) is 18.1 Å². The number of nitrogens with zero attached hydrogens (tertiary/aromatic N) is 2. The minimum atomic E-state index is 0.470. The van der Waals surface area contributed by atoms with Crippen molar-refractivity contribution in [2.75, 3.05) is 23.7 Å². The van der Waals surface area contributed by atoms with Gasteiger partial charge in [0.25, 0.3) is 0 Å². The molecular formula is C14H23N3. The van der Waals surface area contributed by atoms with Crippen molar-refractivity contribution in [3.8, 4) is 0 Å². The highest BCUT2D eigenvalue weighted by atomic mass is 15.2. The molecule has 2 heterocycles. The predicted octanol–water partition coefficient (Wildman–Crippen LogP) is 2.99. The van der Waals surface area contributed by atoms with Crippen molar-refractivity contribution in [2.45, 2.75) is 40.0 Å². The zero-order valence-electron chi connectivity index (χ0n) is 11.2. The maximum Gasteiger partial charge on any atom is 0.152 e. The quantitative estimate of drug-likeness (QED) is 0.872. The first-order valence-corrected chi connectivity index (χ1v) is 6.58. The molecule has 0 amide bonds. The molecule has 3 nitrogen and oxygen atoms in total. The number of hydrogen-bond acceptors (Lipinski definition) is 3. The summed E-state index contributed by atoms with van der Waals surface area (Å²) in [5.74, 6) is 0.980. The molecule has 94 valence electrons. The van der Waals surface area contributed by atoms with E-state index in [-0.39, 0.29) is 0 Å². The highest BCUT2D eigenvalue weighted by Crippen LogP contribution is 2.40. The Morgan fingerprint density at radius 3 is 2.71 bits per heavy atom. The van der Waals surface area contributed by atoms with Crippen molar-refractivity contribution in [3.63, 3.8) is 0 Å². The van der Waals surface area contributed by atoms with Gasteiger partial charge in [-0.25, -0.2) is 4.98 Å². The van der Waals surface area contributed by atoms with E-state index in [1.165, 1.54) is 19.3 Å². The molecule has 2 rings (SSSR count). The van der Waals surface area contributed by atoms with Crippen LogP contribution in [0.25, 0.3) is 0 Å². The van der Waals surface area contributed by atoms with Crippen LogP contribution >= 0.6 is 0 Å². The topological polar surface area (TPSA) is 42.2 Å². The van der Waals surface area contributed by atoms with Crippen molar-refractivity contribution in [3.05, 3.63) is 17.8 Å². The zero-order chi connectivity index (χ0) is 12.5. The minimum Gasteiger partial charge on any atom is -0.396 e. The third-order valence-electron chi connectivity index (χ3n) is 4.42. The molecule has 0 unspecified atom stereocenters. The van der Waals surface area contributed by atoms with Crippen molar-refractivity contribution in [2.24, 2.45) is 5.41 Å². The molecule has 0 saturated carbocycles. The molecule has 17 heavy (non-hydrogen) atoms. The van der Waals surface area contributed by atoms with Gasteiger partial charge in [-0.15, -0.1) is 0 Å². The zero-order valence-corrected chi connectivity index (χ0v) is 11.2. The van der Waals surface area contributed by atoms with Crippen LogP contribution in [0.5, 0.6) is 0 Å². The van der Waals surface area contributed by atoms with Gasteiger partial charge in [-0.3, -0.25) is 0 Å². The van der Waals surface area contributed by atoms with Crippen molar-refractivity contribution >= 4 is 11.5 Å². The Hall–Kier alpha value is -1.25. The summed E-state index contributed by atoms with van der Waals surface area (Å²) in [5.41, 5.74) is 8.57. The number of pyridine rings is 1. The van der Waals surface area contributed by atoms with Crippen LogP contribution in [0.2, 0.25) is 0 Å². The van der Waals surface area contributed by atoms with E-state index in [1.807, 2.05) is 19.2 Å². The Morgan fingerprint density at radius 2 is 2.12 bits per heavy atom. The maximum atomic E-state index is 6.13. The number of hydrogen-bond donors (Lipinski definition) is 1. The van der Waals surface area contributed by atoms with Gasteiger partial charge in [0.15, 0.2) is 5.82 Å². The lowest BCUT2D eigenvalue weighted by molar-refractivity contribution is 0.301. The molecule has 3 heteroatoms. The van der Waals surface area contributed by atoms with Crippen LogP contribution in [0.1, 0.15) is 38.7 Å². The number of nitrogens with two attached hydrogens (primary N) is 1. The van der Waals surface area contributed by atoms with Gasteiger partial charge >= 0.3 is 0 Å². The van der Waals surface area contributed by atoms with Crippen LogP contribution in [0.4, 0.5) is 11.5 Å². The summed E-state index contributed by atoms with van der Waals surface area (Å²) in [5, 5.41) is 0. The highest BCUT2D eigenvalue weighted by molar-refractivity contribution is 5.66. The Kier molecular flexibility index (Phi) is 3.27. The molecule has 1 saturated heterocycles. The van der Waals surface area contributed by atoms with Crippen molar-refractivity contribution in [1.82, 2.24) is 4.98 Å². The van der Waals surface area contributed by atoms with E-state index in [1.54, 1.807) is 0 Å². The van der Waals surface area contributed by atoms with Crippen LogP contribution in [0.3, 0.4) is 0 Å². The maximum absolute atomic E-state index is 6.13.